The third-order valence-corrected chi connectivity index (χ3v) is 4.38. The number of hydrogen-bond acceptors (Lipinski definition) is 5. The van der Waals surface area contributed by atoms with Crippen LogP contribution in [-0.2, 0) is 7.05 Å². The Balaban J connectivity index is 1.49. The van der Waals surface area contributed by atoms with Crippen LogP contribution >= 0.6 is 0 Å². The summed E-state index contributed by atoms with van der Waals surface area (Å²) in [5, 5.41) is 8.16. The highest BCUT2D eigenvalue weighted by Gasteiger charge is 2.24. The van der Waals surface area contributed by atoms with E-state index in [2.05, 4.69) is 20.3 Å². The molecule has 0 bridgehead atoms. The minimum Gasteiger partial charge on any atom is -0.464 e. The number of anilines is 1. The number of amides is 1. The molecule has 4 rings (SSSR count). The van der Waals surface area contributed by atoms with E-state index in [4.69, 9.17) is 4.42 Å². The minimum absolute atomic E-state index is 0.0792. The molecule has 4 heterocycles. The molecule has 124 valence electrons. The second kappa shape index (κ2) is 5.99. The van der Waals surface area contributed by atoms with Crippen LogP contribution in [0.15, 0.2) is 41.4 Å². The van der Waals surface area contributed by atoms with Gasteiger partial charge in [0, 0.05) is 38.6 Å². The highest BCUT2D eigenvalue weighted by molar-refractivity contribution is 5.94. The van der Waals surface area contributed by atoms with E-state index in [-0.39, 0.29) is 11.9 Å². The predicted octanol–water partition coefficient (Wildman–Crippen LogP) is 1.96. The lowest BCUT2D eigenvalue weighted by molar-refractivity contribution is 0.0933. The fourth-order valence-corrected chi connectivity index (χ4v) is 3.23. The fraction of sp³-hybridized carbons (Fsp3) is 0.353. The lowest BCUT2D eigenvalue weighted by Crippen LogP contribution is -2.48. The Morgan fingerprint density at radius 2 is 2.33 bits per heavy atom. The molecule has 0 saturated carbocycles. The average molecular weight is 325 g/mol. The number of carbonyl (C=O) groups is 1. The summed E-state index contributed by atoms with van der Waals surface area (Å²) in [6.07, 6.45) is 8.73. The van der Waals surface area contributed by atoms with Gasteiger partial charge in [-0.3, -0.25) is 9.48 Å². The van der Waals surface area contributed by atoms with Gasteiger partial charge in [-0.15, -0.1) is 0 Å². The van der Waals surface area contributed by atoms with E-state index in [0.29, 0.717) is 5.56 Å². The highest BCUT2D eigenvalue weighted by atomic mass is 16.3. The summed E-state index contributed by atoms with van der Waals surface area (Å²) < 4.78 is 7.09. The van der Waals surface area contributed by atoms with Crippen molar-refractivity contribution in [2.24, 2.45) is 7.05 Å². The number of nitrogens with one attached hydrogen (secondary N) is 1. The first-order valence-electron chi connectivity index (χ1n) is 8.07. The monoisotopic (exact) mass is 325 g/mol. The molecule has 1 aliphatic heterocycles. The van der Waals surface area contributed by atoms with Gasteiger partial charge in [0.2, 0.25) is 0 Å². The van der Waals surface area contributed by atoms with Crippen LogP contribution in [0.3, 0.4) is 0 Å². The van der Waals surface area contributed by atoms with Crippen LogP contribution in [0, 0.1) is 0 Å². The number of pyridine rings is 1. The zero-order valence-electron chi connectivity index (χ0n) is 13.5. The number of aryl methyl sites for hydroxylation is 1. The van der Waals surface area contributed by atoms with Crippen molar-refractivity contribution in [2.45, 2.75) is 18.9 Å². The van der Waals surface area contributed by atoms with Crippen molar-refractivity contribution in [3.05, 3.63) is 42.5 Å². The Morgan fingerprint density at radius 1 is 1.42 bits per heavy atom. The van der Waals surface area contributed by atoms with Crippen LogP contribution in [0.1, 0.15) is 23.2 Å². The van der Waals surface area contributed by atoms with Gasteiger partial charge in [0.25, 0.3) is 5.91 Å². The van der Waals surface area contributed by atoms with Crippen molar-refractivity contribution < 1.29 is 9.21 Å². The normalized spacial score (nSPS) is 18.0. The van der Waals surface area contributed by atoms with Gasteiger partial charge in [0.1, 0.15) is 11.4 Å². The zero-order valence-corrected chi connectivity index (χ0v) is 13.5. The molecule has 1 amide bonds. The van der Waals surface area contributed by atoms with Gasteiger partial charge in [0.05, 0.1) is 23.4 Å². The zero-order chi connectivity index (χ0) is 16.5. The molecule has 1 N–H and O–H groups in total. The Kier molecular flexibility index (Phi) is 3.68. The first-order chi connectivity index (χ1) is 11.7. The smallest absolute Gasteiger partial charge is 0.254 e. The summed E-state index contributed by atoms with van der Waals surface area (Å²) in [4.78, 5) is 19.1. The van der Waals surface area contributed by atoms with Crippen LogP contribution in [0.25, 0.3) is 11.0 Å². The molecule has 0 aliphatic carbocycles. The number of carbonyl (C=O) groups excluding carboxylic acids is 1. The summed E-state index contributed by atoms with van der Waals surface area (Å²) in [5.41, 5.74) is 1.42. The van der Waals surface area contributed by atoms with E-state index in [1.807, 2.05) is 12.1 Å². The third-order valence-electron chi connectivity index (χ3n) is 4.38. The number of hydrogen-bond donors (Lipinski definition) is 1. The van der Waals surface area contributed by atoms with E-state index < -0.39 is 0 Å². The van der Waals surface area contributed by atoms with Gasteiger partial charge in [-0.25, -0.2) is 4.98 Å². The van der Waals surface area contributed by atoms with Crippen molar-refractivity contribution in [2.75, 3.05) is 18.0 Å². The number of fused-ring (bicyclic) bond motifs is 1. The van der Waals surface area contributed by atoms with Gasteiger partial charge < -0.3 is 14.6 Å². The fourth-order valence-electron chi connectivity index (χ4n) is 3.23. The molecule has 7 heteroatoms. The maximum atomic E-state index is 12.3. The van der Waals surface area contributed by atoms with E-state index >= 15 is 0 Å². The highest BCUT2D eigenvalue weighted by Crippen LogP contribution is 2.27. The molecule has 24 heavy (non-hydrogen) atoms. The van der Waals surface area contributed by atoms with Gasteiger partial charge in [0.15, 0.2) is 0 Å². The molecule has 0 radical (unpaired) electrons. The summed E-state index contributed by atoms with van der Waals surface area (Å²) in [5.74, 6) is 0.839. The third kappa shape index (κ3) is 2.73. The van der Waals surface area contributed by atoms with Crippen LogP contribution in [0.4, 0.5) is 5.82 Å². The standard InChI is InChI=1S/C17H19N5O2/c1-21-10-12(9-19-21)17(23)20-13-3-2-7-22(11-13)16-14-5-8-24-15(14)4-6-18-16/h4-6,8-10,13H,2-3,7,11H2,1H3,(H,20,23). The van der Waals surface area contributed by atoms with Crippen LogP contribution in [-0.4, -0.2) is 39.8 Å². The molecule has 0 spiro atoms. The molecule has 1 saturated heterocycles. The second-order valence-electron chi connectivity index (χ2n) is 6.13. The molecule has 0 aromatic carbocycles. The minimum atomic E-state index is -0.0792. The SMILES string of the molecule is Cn1cc(C(=O)NC2CCCN(c3nccc4occc34)C2)cn1. The summed E-state index contributed by atoms with van der Waals surface area (Å²) in [6, 6.07) is 3.90. The quantitative estimate of drug-likeness (QED) is 0.796. The molecule has 7 nitrogen and oxygen atoms in total. The number of nitrogens with zero attached hydrogens (tertiary/aromatic N) is 4. The molecule has 3 aromatic rings. The Bertz CT molecular complexity index is 869. The topological polar surface area (TPSA) is 76.2 Å². The van der Waals surface area contributed by atoms with E-state index in [9.17, 15) is 4.79 Å². The summed E-state index contributed by atoms with van der Waals surface area (Å²) >= 11 is 0. The van der Waals surface area contributed by atoms with Crippen LogP contribution in [0.5, 0.6) is 0 Å². The van der Waals surface area contributed by atoms with Gasteiger partial charge in [-0.05, 0) is 25.0 Å². The largest absolute Gasteiger partial charge is 0.464 e. The molecular formula is C17H19N5O2. The van der Waals surface area contributed by atoms with Crippen molar-refractivity contribution in [3.63, 3.8) is 0 Å². The molecule has 1 atom stereocenters. The molecular weight excluding hydrogens is 306 g/mol. The van der Waals surface area contributed by atoms with Gasteiger partial charge in [-0.1, -0.05) is 0 Å². The van der Waals surface area contributed by atoms with Crippen LogP contribution in [0.2, 0.25) is 0 Å². The van der Waals surface area contributed by atoms with Crippen LogP contribution < -0.4 is 10.2 Å². The number of aromatic nitrogens is 3. The second-order valence-corrected chi connectivity index (χ2v) is 6.13. The van der Waals surface area contributed by atoms with Gasteiger partial charge >= 0.3 is 0 Å². The van der Waals surface area contributed by atoms with Crippen molar-refractivity contribution in [1.82, 2.24) is 20.1 Å². The van der Waals surface area contributed by atoms with Gasteiger partial charge in [-0.2, -0.15) is 5.10 Å². The first kappa shape index (κ1) is 14.7. The Hall–Kier alpha value is -2.83. The average Bonchev–Trinajstić information content (AvgIpc) is 3.23. The predicted molar refractivity (Wildman–Crippen MR) is 89.9 cm³/mol. The number of furan rings is 1. The lowest BCUT2D eigenvalue weighted by atomic mass is 10.0. The maximum Gasteiger partial charge on any atom is 0.254 e. The summed E-state index contributed by atoms with van der Waals surface area (Å²) in [7, 11) is 1.80. The summed E-state index contributed by atoms with van der Waals surface area (Å²) in [6.45, 7) is 1.67. The first-order valence-corrected chi connectivity index (χ1v) is 8.07. The Labute approximate surface area is 139 Å². The van der Waals surface area contributed by atoms with Crippen molar-refractivity contribution in [1.29, 1.82) is 0 Å². The molecule has 1 aliphatic rings. The lowest BCUT2D eigenvalue weighted by Gasteiger charge is -2.34. The molecule has 1 unspecified atom stereocenters. The van der Waals surface area contributed by atoms with Crippen molar-refractivity contribution in [3.8, 4) is 0 Å². The number of piperidine rings is 1. The van der Waals surface area contributed by atoms with E-state index in [1.54, 1.807) is 36.6 Å². The van der Waals surface area contributed by atoms with E-state index in [1.165, 1.54) is 0 Å². The molecule has 3 aromatic heterocycles. The van der Waals surface area contributed by atoms with E-state index in [0.717, 1.165) is 42.7 Å². The Morgan fingerprint density at radius 3 is 3.17 bits per heavy atom. The van der Waals surface area contributed by atoms with Crippen molar-refractivity contribution >= 4 is 22.7 Å². The molecule has 1 fully saturated rings. The maximum absolute atomic E-state index is 12.3. The number of rotatable bonds is 3.